The largest absolute Gasteiger partial charge is 0.0636 e. The zero-order chi connectivity index (χ0) is 25.4. The number of hydrogen-bond donors (Lipinski definition) is 0. The maximum atomic E-state index is 9.46. The lowest BCUT2D eigenvalue weighted by molar-refractivity contribution is 1.54. The van der Waals surface area contributed by atoms with Crippen LogP contribution in [0.5, 0.6) is 0 Å². The van der Waals surface area contributed by atoms with Crippen LogP contribution in [0, 0.1) is 0 Å². The number of hydrogen-bond acceptors (Lipinski definition) is 0. The van der Waals surface area contributed by atoms with Crippen molar-refractivity contribution in [1.29, 1.82) is 0 Å². The second-order valence-electron chi connectivity index (χ2n) is 6.85. The summed E-state index contributed by atoms with van der Waals surface area (Å²) in [5.41, 5.74) is 3.38. The summed E-state index contributed by atoms with van der Waals surface area (Å²) in [6.45, 7) is 0. The molecule has 0 bridgehead atoms. The molecule has 0 N–H and O–H groups in total. The average Bonchev–Trinajstić information content (AvgIpc) is 2.87. The van der Waals surface area contributed by atoms with E-state index < -0.39 is 0 Å². The van der Waals surface area contributed by atoms with Gasteiger partial charge in [0.1, 0.15) is 0 Å². The Bertz CT molecular complexity index is 1370. The summed E-state index contributed by atoms with van der Waals surface area (Å²) in [4.78, 5) is 0. The molecule has 0 aliphatic rings. The van der Waals surface area contributed by atoms with Crippen molar-refractivity contribution < 1.29 is 8.22 Å². The molecule has 0 aromatic heterocycles. The maximum absolute atomic E-state index is 9.46. The molecule has 0 saturated heterocycles. The second kappa shape index (κ2) is 8.23. The topological polar surface area (TPSA) is 0 Å². The van der Waals surface area contributed by atoms with Crippen LogP contribution in [0.3, 0.4) is 0 Å². The minimum atomic E-state index is 0.0573. The van der Waals surface area contributed by atoms with E-state index in [2.05, 4.69) is 0 Å². The lowest BCUT2D eigenvalue weighted by atomic mass is 9.86. The van der Waals surface area contributed by atoms with Crippen molar-refractivity contribution in [2.45, 2.75) is 0 Å². The Morgan fingerprint density at radius 3 is 0.833 bits per heavy atom. The van der Waals surface area contributed by atoms with E-state index in [1.165, 1.54) is 0 Å². The van der Waals surface area contributed by atoms with Gasteiger partial charge in [0.25, 0.3) is 0 Å². The van der Waals surface area contributed by atoms with Crippen LogP contribution in [0.2, 0.25) is 0 Å². The fourth-order valence-electron chi connectivity index (χ4n) is 3.50. The van der Waals surface area contributed by atoms with Crippen molar-refractivity contribution in [1.82, 2.24) is 0 Å². The van der Waals surface area contributed by atoms with Gasteiger partial charge in [0.15, 0.2) is 0 Å². The minimum absolute atomic E-state index is 0.0573. The molecule has 0 aliphatic carbocycles. The molecule has 0 saturated carbocycles. The zero-order valence-corrected chi connectivity index (χ0v) is 16.2. The maximum Gasteiger partial charge on any atom is 0.0636 e. The van der Waals surface area contributed by atoms with Crippen LogP contribution in [0.4, 0.5) is 0 Å². The summed E-state index contributed by atoms with van der Waals surface area (Å²) in [5, 5.41) is 0. The molecule has 0 fully saturated rings. The molecule has 0 spiro atoms. The Morgan fingerprint density at radius 2 is 0.600 bits per heavy atom. The molecule has 0 unspecified atom stereocenters. The first kappa shape index (κ1) is 12.6. The third-order valence-corrected chi connectivity index (χ3v) is 4.91. The SMILES string of the molecule is [2H]c1ccccc1-c1c([2H])c(-c2ccccc2[2H])c(-c2ccccc2[2H])c([2H])c1-c1ccccc1[2H]. The molecule has 142 valence electrons. The van der Waals surface area contributed by atoms with Gasteiger partial charge in [0.05, 0.1) is 8.22 Å². The lowest BCUT2D eigenvalue weighted by Crippen LogP contribution is -1.92. The van der Waals surface area contributed by atoms with E-state index in [9.17, 15) is 2.74 Å². The molecular formula is C30H22. The summed E-state index contributed by atoms with van der Waals surface area (Å²) in [7, 11) is 0. The molecule has 0 amide bonds. The standard InChI is InChI=1S/C30H22/c1-5-13-23(14-6-1)27-21-29(25-17-9-3-10-18-25)30(26-19-11-4-12-20-26)22-28(27)24-15-7-2-8-16-24/h1-22H/i13D,15D,17D,19D,21D,22D. The van der Waals surface area contributed by atoms with Gasteiger partial charge < -0.3 is 0 Å². The molecule has 0 radical (unpaired) electrons. The predicted octanol–water partition coefficient (Wildman–Crippen LogP) is 8.35. The smallest absolute Gasteiger partial charge is 0.0622 e. The fourth-order valence-corrected chi connectivity index (χ4v) is 3.50. The van der Waals surface area contributed by atoms with Gasteiger partial charge in [-0.1, -0.05) is 121 Å². The Morgan fingerprint density at radius 1 is 0.333 bits per heavy atom. The summed E-state index contributed by atoms with van der Waals surface area (Å²) < 4.78 is 53.3. The van der Waals surface area contributed by atoms with Crippen molar-refractivity contribution in [3.05, 3.63) is 133 Å². The Kier molecular flexibility index (Phi) is 3.46. The van der Waals surface area contributed by atoms with Crippen LogP contribution in [-0.2, 0) is 0 Å². The summed E-state index contributed by atoms with van der Waals surface area (Å²) in [6, 6.07) is 28.6. The Hall–Kier alpha value is -3.90. The highest BCUT2D eigenvalue weighted by atomic mass is 14.2. The lowest BCUT2D eigenvalue weighted by Gasteiger charge is -2.18. The van der Waals surface area contributed by atoms with Crippen molar-refractivity contribution in [3.63, 3.8) is 0 Å². The third kappa shape index (κ3) is 3.56. The molecule has 0 atom stereocenters. The first-order valence-corrected chi connectivity index (χ1v) is 9.81. The monoisotopic (exact) mass is 388 g/mol. The second-order valence-corrected chi connectivity index (χ2v) is 6.85. The normalized spacial score (nSPS) is 13.5. The van der Waals surface area contributed by atoms with E-state index in [4.69, 9.17) is 5.48 Å². The zero-order valence-electron chi connectivity index (χ0n) is 22.2. The summed E-state index contributed by atoms with van der Waals surface area (Å²) in [5.74, 6) is 0. The summed E-state index contributed by atoms with van der Waals surface area (Å²) >= 11 is 0. The molecule has 5 aromatic rings. The van der Waals surface area contributed by atoms with Gasteiger partial charge in [-0.05, 0) is 56.6 Å². The van der Waals surface area contributed by atoms with E-state index in [0.29, 0.717) is 44.5 Å². The van der Waals surface area contributed by atoms with Crippen molar-refractivity contribution in [3.8, 4) is 44.5 Å². The number of benzene rings is 5. The van der Waals surface area contributed by atoms with Crippen LogP contribution < -0.4 is 0 Å². The molecule has 0 aliphatic heterocycles. The molecule has 30 heavy (non-hydrogen) atoms. The van der Waals surface area contributed by atoms with Gasteiger partial charge in [-0.2, -0.15) is 0 Å². The average molecular weight is 389 g/mol. The summed E-state index contributed by atoms with van der Waals surface area (Å²) in [6.07, 6.45) is 0. The van der Waals surface area contributed by atoms with Crippen LogP contribution in [0.1, 0.15) is 8.22 Å². The van der Waals surface area contributed by atoms with E-state index in [0.717, 1.165) is 0 Å². The third-order valence-electron chi connectivity index (χ3n) is 4.91. The molecule has 5 aromatic carbocycles. The van der Waals surface area contributed by atoms with E-state index in [-0.39, 0.29) is 36.3 Å². The van der Waals surface area contributed by atoms with Gasteiger partial charge in [-0.15, -0.1) is 0 Å². The van der Waals surface area contributed by atoms with Gasteiger partial charge in [-0.3, -0.25) is 0 Å². The number of rotatable bonds is 4. The Balaban J connectivity index is 2.05. The predicted molar refractivity (Wildman–Crippen MR) is 128 cm³/mol. The van der Waals surface area contributed by atoms with Gasteiger partial charge in [0, 0.05) is 0 Å². The Labute approximate surface area is 186 Å². The highest BCUT2D eigenvalue weighted by molar-refractivity contribution is 5.95. The highest BCUT2D eigenvalue weighted by Gasteiger charge is 2.15. The van der Waals surface area contributed by atoms with E-state index >= 15 is 0 Å². The molecular weight excluding hydrogens is 360 g/mol. The highest BCUT2D eigenvalue weighted by Crippen LogP contribution is 2.41. The first-order chi connectivity index (χ1) is 17.4. The van der Waals surface area contributed by atoms with Crippen molar-refractivity contribution in [2.75, 3.05) is 0 Å². The quantitative estimate of drug-likeness (QED) is 0.290. The molecule has 0 nitrogen and oxygen atoms in total. The molecule has 0 heterocycles. The van der Waals surface area contributed by atoms with Gasteiger partial charge in [-0.25, -0.2) is 0 Å². The molecule has 0 heteroatoms. The van der Waals surface area contributed by atoms with Crippen LogP contribution in [0.25, 0.3) is 44.5 Å². The fraction of sp³-hybridized carbons (Fsp3) is 0. The van der Waals surface area contributed by atoms with E-state index in [1.807, 2.05) is 0 Å². The van der Waals surface area contributed by atoms with Crippen LogP contribution in [0.15, 0.2) is 133 Å². The van der Waals surface area contributed by atoms with Crippen LogP contribution >= 0.6 is 0 Å². The van der Waals surface area contributed by atoms with Gasteiger partial charge in [0.2, 0.25) is 0 Å². The van der Waals surface area contributed by atoms with Crippen LogP contribution in [-0.4, -0.2) is 0 Å². The van der Waals surface area contributed by atoms with Gasteiger partial charge >= 0.3 is 0 Å². The minimum Gasteiger partial charge on any atom is -0.0622 e. The first-order valence-electron chi connectivity index (χ1n) is 12.8. The van der Waals surface area contributed by atoms with E-state index in [1.54, 1.807) is 97.1 Å². The van der Waals surface area contributed by atoms with Crippen molar-refractivity contribution >= 4 is 0 Å². The van der Waals surface area contributed by atoms with Crippen molar-refractivity contribution in [2.24, 2.45) is 0 Å². The molecule has 5 rings (SSSR count).